The van der Waals surface area contributed by atoms with E-state index in [9.17, 15) is 4.79 Å². The van der Waals surface area contributed by atoms with Crippen LogP contribution in [-0.4, -0.2) is 5.91 Å². The lowest BCUT2D eigenvalue weighted by molar-refractivity contribution is -0.110. The summed E-state index contributed by atoms with van der Waals surface area (Å²) in [5, 5.41) is 3.79. The number of anilines is 1. The molecule has 0 spiro atoms. The number of hydrogen-bond acceptors (Lipinski definition) is 1. The molecule has 0 atom stereocenters. The molecule has 1 aliphatic heterocycles. The molecule has 0 radical (unpaired) electrons. The number of carbonyl (C=O) groups excluding carboxylic acids is 1. The van der Waals surface area contributed by atoms with E-state index in [1.54, 1.807) is 18.2 Å². The monoisotopic (exact) mass is 289 g/mol. The minimum atomic E-state index is -0.203. The number of fused-ring (bicyclic) bond motifs is 1. The molecule has 2 aromatic carbocycles. The van der Waals surface area contributed by atoms with Gasteiger partial charge in [0.2, 0.25) is 0 Å². The van der Waals surface area contributed by atoms with Gasteiger partial charge in [-0.05, 0) is 23.8 Å². The number of rotatable bonds is 1. The zero-order chi connectivity index (χ0) is 13.4. The molecule has 2 aromatic rings. The lowest BCUT2D eigenvalue weighted by atomic mass is 10.0. The Morgan fingerprint density at radius 2 is 1.79 bits per heavy atom. The van der Waals surface area contributed by atoms with E-state index in [0.29, 0.717) is 15.6 Å². The highest BCUT2D eigenvalue weighted by Gasteiger charge is 2.27. The lowest BCUT2D eigenvalue weighted by Crippen LogP contribution is -2.04. The first-order valence-electron chi connectivity index (χ1n) is 5.73. The van der Waals surface area contributed by atoms with Crippen LogP contribution in [0.3, 0.4) is 0 Å². The van der Waals surface area contributed by atoms with Crippen LogP contribution in [0, 0.1) is 0 Å². The smallest absolute Gasteiger partial charge is 0.257 e. The molecular weight excluding hydrogens is 281 g/mol. The Bertz CT molecular complexity index is 693. The van der Waals surface area contributed by atoms with Crippen LogP contribution in [0.2, 0.25) is 5.02 Å². The van der Waals surface area contributed by atoms with Crippen molar-refractivity contribution in [2.24, 2.45) is 0 Å². The maximum Gasteiger partial charge on any atom is 0.257 e. The average molecular weight is 290 g/mol. The lowest BCUT2D eigenvalue weighted by Gasteiger charge is -2.04. The van der Waals surface area contributed by atoms with Crippen molar-refractivity contribution in [2.75, 3.05) is 5.32 Å². The van der Waals surface area contributed by atoms with Crippen LogP contribution in [0.1, 0.15) is 11.1 Å². The molecule has 0 fully saturated rings. The standard InChI is InChI=1S/C15H9Cl2NO/c16-10-6-7-12-11(8-10)13(15(19)18-12)14(17)9-4-2-1-3-5-9/h1-8H,(H,18,19)/b14-13+. The van der Waals surface area contributed by atoms with Crippen LogP contribution in [0.25, 0.3) is 10.6 Å². The fourth-order valence-corrected chi connectivity index (χ4v) is 2.57. The maximum absolute atomic E-state index is 12.1. The quantitative estimate of drug-likeness (QED) is 0.775. The fraction of sp³-hybridized carbons (Fsp3) is 0. The van der Waals surface area contributed by atoms with Crippen molar-refractivity contribution in [3.8, 4) is 0 Å². The van der Waals surface area contributed by atoms with Gasteiger partial charge in [-0.2, -0.15) is 0 Å². The van der Waals surface area contributed by atoms with E-state index in [2.05, 4.69) is 5.32 Å². The Morgan fingerprint density at radius 3 is 2.53 bits per heavy atom. The van der Waals surface area contributed by atoms with E-state index in [-0.39, 0.29) is 5.91 Å². The first-order chi connectivity index (χ1) is 9.16. The molecule has 3 rings (SSSR count). The summed E-state index contributed by atoms with van der Waals surface area (Å²) in [7, 11) is 0. The third-order valence-corrected chi connectivity index (χ3v) is 3.62. The Labute approximate surface area is 120 Å². The second-order valence-corrected chi connectivity index (χ2v) is 5.01. The second-order valence-electron chi connectivity index (χ2n) is 4.20. The molecule has 1 N–H and O–H groups in total. The molecule has 1 amide bonds. The molecule has 0 bridgehead atoms. The van der Waals surface area contributed by atoms with Gasteiger partial charge in [-0.25, -0.2) is 0 Å². The average Bonchev–Trinajstić information content (AvgIpc) is 2.74. The molecule has 1 aliphatic rings. The highest BCUT2D eigenvalue weighted by molar-refractivity contribution is 6.59. The van der Waals surface area contributed by atoms with Crippen molar-refractivity contribution in [1.82, 2.24) is 0 Å². The summed E-state index contributed by atoms with van der Waals surface area (Å²) in [6.45, 7) is 0. The molecule has 4 heteroatoms. The number of carbonyl (C=O) groups is 1. The molecule has 1 heterocycles. The third-order valence-electron chi connectivity index (χ3n) is 2.97. The van der Waals surface area contributed by atoms with Crippen molar-refractivity contribution in [2.45, 2.75) is 0 Å². The molecule has 94 valence electrons. The van der Waals surface area contributed by atoms with Crippen LogP contribution in [0.4, 0.5) is 5.69 Å². The first kappa shape index (κ1) is 12.3. The van der Waals surface area contributed by atoms with Gasteiger partial charge in [0.15, 0.2) is 0 Å². The maximum atomic E-state index is 12.1. The van der Waals surface area contributed by atoms with E-state index < -0.39 is 0 Å². The summed E-state index contributed by atoms with van der Waals surface area (Å²) in [5.74, 6) is -0.203. The van der Waals surface area contributed by atoms with Gasteiger partial charge < -0.3 is 5.32 Å². The molecule has 2 nitrogen and oxygen atoms in total. The molecular formula is C15H9Cl2NO. The molecule has 0 saturated carbocycles. The Balaban J connectivity index is 2.21. The molecule has 19 heavy (non-hydrogen) atoms. The number of halogens is 2. The summed E-state index contributed by atoms with van der Waals surface area (Å²) in [6, 6.07) is 14.6. The Kier molecular flexibility index (Phi) is 3.05. The highest BCUT2D eigenvalue weighted by atomic mass is 35.5. The van der Waals surface area contributed by atoms with Gasteiger partial charge in [0.25, 0.3) is 5.91 Å². The number of benzene rings is 2. The van der Waals surface area contributed by atoms with E-state index in [4.69, 9.17) is 23.2 Å². The molecule has 0 aliphatic carbocycles. The molecule has 0 saturated heterocycles. The normalized spacial score (nSPS) is 16.0. The second kappa shape index (κ2) is 4.72. The summed E-state index contributed by atoms with van der Waals surface area (Å²) >= 11 is 12.3. The Morgan fingerprint density at radius 1 is 1.05 bits per heavy atom. The topological polar surface area (TPSA) is 29.1 Å². The summed E-state index contributed by atoms with van der Waals surface area (Å²) in [5.41, 5.74) is 2.75. The van der Waals surface area contributed by atoms with E-state index in [1.807, 2.05) is 30.3 Å². The number of hydrogen-bond donors (Lipinski definition) is 1. The number of nitrogens with one attached hydrogen (secondary N) is 1. The zero-order valence-electron chi connectivity index (χ0n) is 9.78. The predicted octanol–water partition coefficient (Wildman–Crippen LogP) is 4.40. The van der Waals surface area contributed by atoms with E-state index >= 15 is 0 Å². The first-order valence-corrected chi connectivity index (χ1v) is 6.49. The van der Waals surface area contributed by atoms with Gasteiger partial charge in [0, 0.05) is 16.3 Å². The van der Waals surface area contributed by atoms with E-state index in [0.717, 1.165) is 16.8 Å². The van der Waals surface area contributed by atoms with Crippen molar-refractivity contribution in [1.29, 1.82) is 0 Å². The fourth-order valence-electron chi connectivity index (χ4n) is 2.09. The molecule has 0 unspecified atom stereocenters. The van der Waals surface area contributed by atoms with Crippen LogP contribution in [0.5, 0.6) is 0 Å². The largest absolute Gasteiger partial charge is 0.321 e. The SMILES string of the molecule is O=C1Nc2ccc(Cl)cc2/C1=C(\Cl)c1ccccc1. The van der Waals surface area contributed by atoms with Crippen LogP contribution in [0.15, 0.2) is 48.5 Å². The van der Waals surface area contributed by atoms with Crippen molar-refractivity contribution in [3.05, 3.63) is 64.7 Å². The summed E-state index contributed by atoms with van der Waals surface area (Å²) in [6.07, 6.45) is 0. The summed E-state index contributed by atoms with van der Waals surface area (Å²) in [4.78, 5) is 12.1. The van der Waals surface area contributed by atoms with Gasteiger partial charge in [-0.15, -0.1) is 0 Å². The van der Waals surface area contributed by atoms with Gasteiger partial charge in [-0.1, -0.05) is 53.5 Å². The summed E-state index contributed by atoms with van der Waals surface area (Å²) < 4.78 is 0. The van der Waals surface area contributed by atoms with Crippen LogP contribution in [-0.2, 0) is 4.79 Å². The van der Waals surface area contributed by atoms with Crippen LogP contribution >= 0.6 is 23.2 Å². The van der Waals surface area contributed by atoms with Gasteiger partial charge >= 0.3 is 0 Å². The third kappa shape index (κ3) is 2.14. The van der Waals surface area contributed by atoms with Crippen molar-refractivity contribution < 1.29 is 4.79 Å². The van der Waals surface area contributed by atoms with Gasteiger partial charge in [0.05, 0.1) is 10.6 Å². The predicted molar refractivity (Wildman–Crippen MR) is 79.2 cm³/mol. The minimum absolute atomic E-state index is 0.203. The zero-order valence-corrected chi connectivity index (χ0v) is 11.3. The highest BCUT2D eigenvalue weighted by Crippen LogP contribution is 2.39. The van der Waals surface area contributed by atoms with Crippen LogP contribution < -0.4 is 5.32 Å². The van der Waals surface area contributed by atoms with Crippen molar-refractivity contribution in [3.63, 3.8) is 0 Å². The minimum Gasteiger partial charge on any atom is -0.321 e. The van der Waals surface area contributed by atoms with Gasteiger partial charge in [0.1, 0.15) is 0 Å². The molecule has 0 aromatic heterocycles. The number of amides is 1. The van der Waals surface area contributed by atoms with Gasteiger partial charge in [-0.3, -0.25) is 4.79 Å². The Hall–Kier alpha value is -1.77. The van der Waals surface area contributed by atoms with E-state index in [1.165, 1.54) is 0 Å². The van der Waals surface area contributed by atoms with Crippen molar-refractivity contribution >= 4 is 45.4 Å².